The molecule has 0 aromatic carbocycles. The minimum Gasteiger partial charge on any atom is -0.369 e. The van der Waals surface area contributed by atoms with Crippen LogP contribution in [0.5, 0.6) is 0 Å². The van der Waals surface area contributed by atoms with Gasteiger partial charge in [-0.3, -0.25) is 9.97 Å². The smallest absolute Gasteiger partial charge is 0.335 e. The first-order valence-electron chi connectivity index (χ1n) is 5.32. The van der Waals surface area contributed by atoms with E-state index >= 15 is 0 Å². The van der Waals surface area contributed by atoms with Crippen molar-refractivity contribution in [1.29, 1.82) is 0 Å². The molecule has 0 fully saturated rings. The SMILES string of the molecule is Cc1nc(-c2cccnc2)n2c(=O)[nH]c(N)nc12. The topological polar surface area (TPSA) is 102 Å². The number of hydrogen-bond acceptors (Lipinski definition) is 5. The van der Waals surface area contributed by atoms with Crippen LogP contribution in [-0.2, 0) is 0 Å². The highest BCUT2D eigenvalue weighted by atomic mass is 16.1. The summed E-state index contributed by atoms with van der Waals surface area (Å²) in [5, 5.41) is 0. The molecule has 0 aliphatic heterocycles. The first-order chi connectivity index (χ1) is 8.66. The van der Waals surface area contributed by atoms with E-state index in [-0.39, 0.29) is 11.6 Å². The van der Waals surface area contributed by atoms with E-state index in [2.05, 4.69) is 19.9 Å². The molecule has 0 atom stereocenters. The lowest BCUT2D eigenvalue weighted by molar-refractivity contribution is 0.964. The standard InChI is InChI=1S/C11H10N6O/c1-6-8-15-10(12)16-11(18)17(8)9(14-6)7-3-2-4-13-5-7/h2-5H,1H3,(H3,12,15,16,18). The lowest BCUT2D eigenvalue weighted by Crippen LogP contribution is -2.20. The number of aromatic nitrogens is 5. The molecule has 3 aromatic heterocycles. The summed E-state index contributed by atoms with van der Waals surface area (Å²) < 4.78 is 1.39. The van der Waals surface area contributed by atoms with E-state index in [0.29, 0.717) is 17.2 Å². The Morgan fingerprint density at radius 3 is 2.94 bits per heavy atom. The van der Waals surface area contributed by atoms with Gasteiger partial charge in [-0.05, 0) is 19.1 Å². The molecule has 3 aromatic rings. The fourth-order valence-corrected chi connectivity index (χ4v) is 1.84. The Morgan fingerprint density at radius 2 is 2.22 bits per heavy atom. The van der Waals surface area contributed by atoms with Crippen molar-refractivity contribution in [2.75, 3.05) is 5.73 Å². The highest BCUT2D eigenvalue weighted by Gasteiger charge is 2.14. The van der Waals surface area contributed by atoms with Crippen LogP contribution in [0.4, 0.5) is 5.95 Å². The maximum absolute atomic E-state index is 11.9. The maximum atomic E-state index is 11.9. The molecule has 3 heterocycles. The van der Waals surface area contributed by atoms with Crippen molar-refractivity contribution in [3.63, 3.8) is 0 Å². The number of aryl methyl sites for hydroxylation is 1. The van der Waals surface area contributed by atoms with Crippen molar-refractivity contribution in [2.24, 2.45) is 0 Å². The fraction of sp³-hybridized carbons (Fsp3) is 0.0909. The Bertz CT molecular complexity index is 773. The van der Waals surface area contributed by atoms with Crippen molar-refractivity contribution in [2.45, 2.75) is 6.92 Å². The summed E-state index contributed by atoms with van der Waals surface area (Å²) in [6.45, 7) is 1.78. The molecule has 0 spiro atoms. The van der Waals surface area contributed by atoms with Crippen molar-refractivity contribution in [1.82, 2.24) is 24.3 Å². The second kappa shape index (κ2) is 3.66. The van der Waals surface area contributed by atoms with Gasteiger partial charge in [0, 0.05) is 18.0 Å². The molecule has 0 saturated carbocycles. The summed E-state index contributed by atoms with van der Waals surface area (Å²) in [6.07, 6.45) is 3.30. The first-order valence-corrected chi connectivity index (χ1v) is 5.32. The Hall–Kier alpha value is -2.70. The molecule has 7 nitrogen and oxygen atoms in total. The van der Waals surface area contributed by atoms with E-state index < -0.39 is 0 Å². The number of aromatic amines is 1. The monoisotopic (exact) mass is 242 g/mol. The zero-order chi connectivity index (χ0) is 12.7. The minimum absolute atomic E-state index is 0.0771. The van der Waals surface area contributed by atoms with Crippen LogP contribution in [0, 0.1) is 6.92 Å². The molecule has 18 heavy (non-hydrogen) atoms. The van der Waals surface area contributed by atoms with Crippen LogP contribution >= 0.6 is 0 Å². The number of pyridine rings is 1. The van der Waals surface area contributed by atoms with Crippen molar-refractivity contribution in [3.8, 4) is 11.4 Å². The zero-order valence-electron chi connectivity index (χ0n) is 9.58. The molecular weight excluding hydrogens is 232 g/mol. The van der Waals surface area contributed by atoms with Gasteiger partial charge in [0.2, 0.25) is 5.95 Å². The first kappa shape index (κ1) is 10.5. The van der Waals surface area contributed by atoms with Gasteiger partial charge in [0.05, 0.1) is 5.69 Å². The largest absolute Gasteiger partial charge is 0.369 e. The van der Waals surface area contributed by atoms with E-state index in [1.54, 1.807) is 25.4 Å². The molecule has 90 valence electrons. The van der Waals surface area contributed by atoms with Gasteiger partial charge in [-0.1, -0.05) is 0 Å². The lowest BCUT2D eigenvalue weighted by Gasteiger charge is -1.99. The minimum atomic E-state index is -0.364. The van der Waals surface area contributed by atoms with Gasteiger partial charge >= 0.3 is 5.69 Å². The van der Waals surface area contributed by atoms with E-state index in [9.17, 15) is 4.79 Å². The molecular formula is C11H10N6O. The molecule has 0 unspecified atom stereocenters. The maximum Gasteiger partial charge on any atom is 0.335 e. The molecule has 0 bridgehead atoms. The van der Waals surface area contributed by atoms with Crippen LogP contribution in [0.3, 0.4) is 0 Å². The normalized spacial score (nSPS) is 10.9. The van der Waals surface area contributed by atoms with Gasteiger partial charge in [-0.2, -0.15) is 4.98 Å². The highest BCUT2D eigenvalue weighted by Crippen LogP contribution is 2.18. The van der Waals surface area contributed by atoms with Crippen LogP contribution in [-0.4, -0.2) is 24.3 Å². The number of anilines is 1. The van der Waals surface area contributed by atoms with Crippen molar-refractivity contribution < 1.29 is 0 Å². The predicted molar refractivity (Wildman–Crippen MR) is 66.0 cm³/mol. The molecule has 3 rings (SSSR count). The van der Waals surface area contributed by atoms with Gasteiger partial charge in [0.25, 0.3) is 0 Å². The summed E-state index contributed by atoms with van der Waals surface area (Å²) in [4.78, 5) is 26.8. The third-order valence-corrected chi connectivity index (χ3v) is 2.61. The average molecular weight is 242 g/mol. The number of nitrogens with zero attached hydrogens (tertiary/aromatic N) is 4. The molecule has 7 heteroatoms. The van der Waals surface area contributed by atoms with E-state index in [1.165, 1.54) is 4.40 Å². The van der Waals surface area contributed by atoms with Gasteiger partial charge in [0.15, 0.2) is 11.5 Å². The van der Waals surface area contributed by atoms with Crippen molar-refractivity contribution in [3.05, 3.63) is 40.7 Å². The fourth-order valence-electron chi connectivity index (χ4n) is 1.84. The third-order valence-electron chi connectivity index (χ3n) is 2.61. The average Bonchev–Trinajstić information content (AvgIpc) is 2.68. The number of hydrogen-bond donors (Lipinski definition) is 2. The van der Waals surface area contributed by atoms with Gasteiger partial charge < -0.3 is 5.73 Å². The van der Waals surface area contributed by atoms with Gasteiger partial charge in [-0.25, -0.2) is 14.2 Å². The van der Waals surface area contributed by atoms with Crippen LogP contribution in [0.2, 0.25) is 0 Å². The molecule has 0 amide bonds. The molecule has 0 saturated heterocycles. The Kier molecular flexibility index (Phi) is 2.12. The van der Waals surface area contributed by atoms with Gasteiger partial charge in [0.1, 0.15) is 0 Å². The second-order valence-electron chi connectivity index (χ2n) is 3.85. The van der Waals surface area contributed by atoms with Crippen LogP contribution in [0.25, 0.3) is 17.0 Å². The number of H-pyrrole nitrogens is 1. The lowest BCUT2D eigenvalue weighted by atomic mass is 10.3. The van der Waals surface area contributed by atoms with E-state index in [1.807, 2.05) is 6.07 Å². The van der Waals surface area contributed by atoms with Crippen LogP contribution in [0.15, 0.2) is 29.3 Å². The van der Waals surface area contributed by atoms with Crippen molar-refractivity contribution >= 4 is 11.6 Å². The number of rotatable bonds is 1. The number of nitrogen functional groups attached to an aromatic ring is 1. The number of nitrogens with one attached hydrogen (secondary N) is 1. The zero-order valence-corrected chi connectivity index (χ0v) is 9.58. The summed E-state index contributed by atoms with van der Waals surface area (Å²) in [6, 6.07) is 3.61. The summed E-state index contributed by atoms with van der Waals surface area (Å²) in [7, 11) is 0. The quantitative estimate of drug-likeness (QED) is 0.641. The number of nitrogens with two attached hydrogens (primary N) is 1. The number of imidazole rings is 1. The number of fused-ring (bicyclic) bond motifs is 1. The highest BCUT2D eigenvalue weighted by molar-refractivity contribution is 5.62. The van der Waals surface area contributed by atoms with Gasteiger partial charge in [-0.15, -0.1) is 0 Å². The Balaban J connectivity index is 2.42. The summed E-state index contributed by atoms with van der Waals surface area (Å²) in [5.41, 5.74) is 7.00. The molecule has 0 aliphatic rings. The Labute approximate surface area is 101 Å². The molecule has 3 N–H and O–H groups in total. The van der Waals surface area contributed by atoms with E-state index in [4.69, 9.17) is 5.73 Å². The second-order valence-corrected chi connectivity index (χ2v) is 3.85. The summed E-state index contributed by atoms with van der Waals surface area (Å²) >= 11 is 0. The van der Waals surface area contributed by atoms with E-state index in [0.717, 1.165) is 5.56 Å². The van der Waals surface area contributed by atoms with Crippen LogP contribution in [0.1, 0.15) is 5.69 Å². The Morgan fingerprint density at radius 1 is 1.39 bits per heavy atom. The summed E-state index contributed by atoms with van der Waals surface area (Å²) in [5.74, 6) is 0.581. The third kappa shape index (κ3) is 1.45. The predicted octanol–water partition coefficient (Wildman–Crippen LogP) is 0.370. The molecule has 0 aliphatic carbocycles. The molecule has 0 radical (unpaired) electrons. The van der Waals surface area contributed by atoms with Crippen LogP contribution < -0.4 is 11.4 Å².